The molecule has 4 heteroatoms. The van der Waals surface area contributed by atoms with Crippen molar-refractivity contribution < 1.29 is 14.6 Å². The van der Waals surface area contributed by atoms with E-state index in [9.17, 15) is 9.90 Å². The van der Waals surface area contributed by atoms with Gasteiger partial charge in [-0.3, -0.25) is 0 Å². The lowest BCUT2D eigenvalue weighted by atomic mass is 9.85. The Balaban J connectivity index is 2.03. The Labute approximate surface area is 95.9 Å². The van der Waals surface area contributed by atoms with Crippen LogP contribution in [0.4, 0.5) is 4.79 Å². The molecule has 0 aromatic heterocycles. The molecule has 0 aromatic carbocycles. The van der Waals surface area contributed by atoms with E-state index in [4.69, 9.17) is 4.74 Å². The van der Waals surface area contributed by atoms with Crippen molar-refractivity contribution in [3.63, 3.8) is 0 Å². The van der Waals surface area contributed by atoms with Crippen LogP contribution in [0.15, 0.2) is 11.1 Å². The van der Waals surface area contributed by atoms with Crippen molar-refractivity contribution in [1.29, 1.82) is 0 Å². The van der Waals surface area contributed by atoms with Gasteiger partial charge in [0, 0.05) is 13.1 Å². The summed E-state index contributed by atoms with van der Waals surface area (Å²) in [5, 5.41) is 9.84. The third-order valence-electron chi connectivity index (χ3n) is 3.37. The molecule has 1 amide bonds. The van der Waals surface area contributed by atoms with Crippen LogP contribution in [0.5, 0.6) is 0 Å². The van der Waals surface area contributed by atoms with Crippen molar-refractivity contribution in [2.75, 3.05) is 19.7 Å². The molecule has 0 radical (unpaired) electrons. The van der Waals surface area contributed by atoms with E-state index in [2.05, 4.69) is 0 Å². The summed E-state index contributed by atoms with van der Waals surface area (Å²) >= 11 is 0. The van der Waals surface area contributed by atoms with E-state index in [1.54, 1.807) is 4.90 Å². The Bertz CT molecular complexity index is 311. The van der Waals surface area contributed by atoms with Crippen molar-refractivity contribution >= 4 is 6.09 Å². The third-order valence-corrected chi connectivity index (χ3v) is 3.37. The maximum Gasteiger partial charge on any atom is 0.410 e. The molecule has 1 N–H and O–H groups in total. The molecule has 16 heavy (non-hydrogen) atoms. The van der Waals surface area contributed by atoms with Gasteiger partial charge in [0.15, 0.2) is 0 Å². The SMILES string of the molecule is CCOC(=O)N1CCC2=C(CCCC2O)C1. The molecule has 2 aliphatic rings. The zero-order valence-corrected chi connectivity index (χ0v) is 9.74. The lowest BCUT2D eigenvalue weighted by Gasteiger charge is -2.34. The first kappa shape index (κ1) is 11.5. The zero-order chi connectivity index (χ0) is 11.5. The van der Waals surface area contributed by atoms with Crippen molar-refractivity contribution in [1.82, 2.24) is 4.90 Å². The predicted octanol–water partition coefficient (Wildman–Crippen LogP) is 1.69. The molecule has 1 aliphatic carbocycles. The first-order valence-electron chi connectivity index (χ1n) is 6.03. The van der Waals surface area contributed by atoms with Crippen LogP contribution in [-0.4, -0.2) is 41.9 Å². The maximum atomic E-state index is 11.6. The number of aliphatic hydroxyl groups is 1. The maximum absolute atomic E-state index is 11.6. The Morgan fingerprint density at radius 1 is 1.56 bits per heavy atom. The van der Waals surface area contributed by atoms with E-state index in [0.29, 0.717) is 19.7 Å². The van der Waals surface area contributed by atoms with Crippen molar-refractivity contribution in [2.24, 2.45) is 0 Å². The smallest absolute Gasteiger partial charge is 0.410 e. The second-order valence-corrected chi connectivity index (χ2v) is 4.41. The number of nitrogens with zero attached hydrogens (tertiary/aromatic N) is 1. The van der Waals surface area contributed by atoms with Crippen molar-refractivity contribution in [2.45, 2.75) is 38.7 Å². The van der Waals surface area contributed by atoms with E-state index in [0.717, 1.165) is 25.7 Å². The van der Waals surface area contributed by atoms with E-state index < -0.39 is 0 Å². The van der Waals surface area contributed by atoms with Crippen LogP contribution in [0, 0.1) is 0 Å². The highest BCUT2D eigenvalue weighted by Crippen LogP contribution is 2.31. The highest BCUT2D eigenvalue weighted by Gasteiger charge is 2.28. The average molecular weight is 225 g/mol. The normalized spacial score (nSPS) is 25.4. The third kappa shape index (κ3) is 2.21. The van der Waals surface area contributed by atoms with Crippen LogP contribution in [0.25, 0.3) is 0 Å². The summed E-state index contributed by atoms with van der Waals surface area (Å²) < 4.78 is 4.99. The molecule has 0 bridgehead atoms. The van der Waals surface area contributed by atoms with Crippen LogP contribution >= 0.6 is 0 Å². The number of rotatable bonds is 1. The van der Waals surface area contributed by atoms with Gasteiger partial charge in [0.1, 0.15) is 0 Å². The number of ether oxygens (including phenoxy) is 1. The summed E-state index contributed by atoms with van der Waals surface area (Å²) in [6.45, 7) is 3.56. The van der Waals surface area contributed by atoms with Crippen LogP contribution < -0.4 is 0 Å². The lowest BCUT2D eigenvalue weighted by molar-refractivity contribution is 0.103. The zero-order valence-electron chi connectivity index (χ0n) is 9.74. The van der Waals surface area contributed by atoms with Gasteiger partial charge < -0.3 is 14.7 Å². The summed E-state index contributed by atoms with van der Waals surface area (Å²) in [7, 11) is 0. The molecular formula is C12H19NO3. The molecule has 1 unspecified atom stereocenters. The Kier molecular flexibility index (Phi) is 3.49. The number of hydrogen-bond acceptors (Lipinski definition) is 3. The summed E-state index contributed by atoms with van der Waals surface area (Å²) in [6.07, 6.45) is 3.22. The fourth-order valence-electron chi connectivity index (χ4n) is 2.54. The van der Waals surface area contributed by atoms with Gasteiger partial charge in [0.2, 0.25) is 0 Å². The summed E-state index contributed by atoms with van der Waals surface area (Å²) in [5.74, 6) is 0. The molecule has 0 saturated heterocycles. The highest BCUT2D eigenvalue weighted by molar-refractivity contribution is 5.68. The quantitative estimate of drug-likeness (QED) is 0.691. The molecule has 1 heterocycles. The topological polar surface area (TPSA) is 49.8 Å². The van der Waals surface area contributed by atoms with E-state index >= 15 is 0 Å². The summed E-state index contributed by atoms with van der Waals surface area (Å²) in [4.78, 5) is 13.3. The van der Waals surface area contributed by atoms with E-state index in [-0.39, 0.29) is 12.2 Å². The molecule has 0 spiro atoms. The van der Waals surface area contributed by atoms with E-state index in [1.807, 2.05) is 6.92 Å². The van der Waals surface area contributed by atoms with E-state index in [1.165, 1.54) is 11.1 Å². The van der Waals surface area contributed by atoms with Gasteiger partial charge in [0.05, 0.1) is 12.7 Å². The Morgan fingerprint density at radius 3 is 3.12 bits per heavy atom. The number of aliphatic hydroxyl groups excluding tert-OH is 1. The van der Waals surface area contributed by atoms with Gasteiger partial charge in [-0.25, -0.2) is 4.79 Å². The van der Waals surface area contributed by atoms with Gasteiger partial charge in [-0.15, -0.1) is 0 Å². The fraction of sp³-hybridized carbons (Fsp3) is 0.750. The molecule has 1 aliphatic heterocycles. The van der Waals surface area contributed by atoms with Gasteiger partial charge in [-0.1, -0.05) is 0 Å². The van der Waals surface area contributed by atoms with Crippen LogP contribution in [0.1, 0.15) is 32.6 Å². The molecule has 90 valence electrons. The average Bonchev–Trinajstić information content (AvgIpc) is 2.29. The van der Waals surface area contributed by atoms with Gasteiger partial charge in [0.25, 0.3) is 0 Å². The first-order valence-corrected chi connectivity index (χ1v) is 6.03. The first-order chi connectivity index (χ1) is 7.72. The van der Waals surface area contributed by atoms with Crippen LogP contribution in [0.2, 0.25) is 0 Å². The summed E-state index contributed by atoms with van der Waals surface area (Å²) in [5.41, 5.74) is 2.42. The van der Waals surface area contributed by atoms with Crippen molar-refractivity contribution in [3.05, 3.63) is 11.1 Å². The minimum Gasteiger partial charge on any atom is -0.450 e. The largest absolute Gasteiger partial charge is 0.450 e. The molecule has 0 fully saturated rings. The van der Waals surface area contributed by atoms with Crippen molar-refractivity contribution in [3.8, 4) is 0 Å². The molecule has 0 aromatic rings. The highest BCUT2D eigenvalue weighted by atomic mass is 16.6. The minimum atomic E-state index is -0.270. The Hall–Kier alpha value is -1.03. The Morgan fingerprint density at radius 2 is 2.38 bits per heavy atom. The number of amides is 1. The number of carbonyl (C=O) groups is 1. The monoisotopic (exact) mass is 225 g/mol. The van der Waals surface area contributed by atoms with Gasteiger partial charge >= 0.3 is 6.09 Å². The van der Waals surface area contributed by atoms with Gasteiger partial charge in [-0.2, -0.15) is 0 Å². The fourth-order valence-corrected chi connectivity index (χ4v) is 2.54. The van der Waals surface area contributed by atoms with Gasteiger partial charge in [-0.05, 0) is 43.8 Å². The number of carbonyl (C=O) groups excluding carboxylic acids is 1. The minimum absolute atomic E-state index is 0.228. The van der Waals surface area contributed by atoms with Crippen LogP contribution in [0.3, 0.4) is 0 Å². The predicted molar refractivity (Wildman–Crippen MR) is 60.1 cm³/mol. The summed E-state index contributed by atoms with van der Waals surface area (Å²) in [6, 6.07) is 0. The molecular weight excluding hydrogens is 206 g/mol. The second-order valence-electron chi connectivity index (χ2n) is 4.41. The number of hydrogen-bond donors (Lipinski definition) is 1. The molecule has 1 atom stereocenters. The lowest BCUT2D eigenvalue weighted by Crippen LogP contribution is -2.40. The molecule has 4 nitrogen and oxygen atoms in total. The molecule has 2 rings (SSSR count). The second kappa shape index (κ2) is 4.87. The van der Waals surface area contributed by atoms with Crippen LogP contribution in [-0.2, 0) is 4.74 Å². The standard InChI is InChI=1S/C12H19NO3/c1-2-16-12(15)13-7-6-10-9(8-13)4-3-5-11(10)14/h11,14H,2-8H2,1H3. The molecule has 0 saturated carbocycles.